The Morgan fingerprint density at radius 1 is 1.00 bits per heavy atom. The summed E-state index contributed by atoms with van der Waals surface area (Å²) in [6, 6.07) is 8.58. The van der Waals surface area contributed by atoms with Crippen LogP contribution in [0.2, 0.25) is 0 Å². The average molecular weight is 320 g/mol. The maximum atomic E-state index is 3.75. The molecule has 0 N–H and O–H groups in total. The summed E-state index contributed by atoms with van der Waals surface area (Å²) in [6.45, 7) is 6.76. The Bertz CT molecular complexity index is 277. The van der Waals surface area contributed by atoms with Crippen LogP contribution >= 0.6 is 31.9 Å². The Morgan fingerprint density at radius 2 is 1.50 bits per heavy atom. The second-order valence-electron chi connectivity index (χ2n) is 4.03. The Hall–Kier alpha value is 0.180. The summed E-state index contributed by atoms with van der Waals surface area (Å²) >= 11 is 7.20. The number of hydrogen-bond acceptors (Lipinski definition) is 0. The molecule has 2 atom stereocenters. The molecule has 1 aromatic carbocycles. The quantitative estimate of drug-likeness (QED) is 0.690. The summed E-state index contributed by atoms with van der Waals surface area (Å²) in [4.78, 5) is 0.545. The maximum absolute atomic E-state index is 3.75. The van der Waals surface area contributed by atoms with Gasteiger partial charge in [0.2, 0.25) is 0 Å². The Kier molecular flexibility index (Phi) is 4.65. The summed E-state index contributed by atoms with van der Waals surface area (Å²) < 4.78 is 1.14. The molecule has 0 nitrogen and oxygen atoms in total. The van der Waals surface area contributed by atoms with Gasteiger partial charge in [-0.25, -0.2) is 0 Å². The topological polar surface area (TPSA) is 0 Å². The summed E-state index contributed by atoms with van der Waals surface area (Å²) in [7, 11) is 0. The van der Waals surface area contributed by atoms with Crippen molar-refractivity contribution in [1.29, 1.82) is 0 Å². The third-order valence-corrected chi connectivity index (χ3v) is 4.89. The van der Waals surface area contributed by atoms with Crippen LogP contribution in [0.25, 0.3) is 0 Å². The van der Waals surface area contributed by atoms with Crippen molar-refractivity contribution in [3.63, 3.8) is 0 Å². The van der Waals surface area contributed by atoms with Gasteiger partial charge in [-0.1, -0.05) is 64.8 Å². The summed E-state index contributed by atoms with van der Waals surface area (Å²) in [6.07, 6.45) is 0. The number of rotatable bonds is 3. The molecule has 0 amide bonds. The molecule has 2 unspecified atom stereocenters. The molecule has 0 aromatic heterocycles. The minimum atomic E-state index is 0.545. The van der Waals surface area contributed by atoms with Crippen LogP contribution in [-0.2, 0) is 0 Å². The van der Waals surface area contributed by atoms with E-state index in [9.17, 15) is 0 Å². The highest BCUT2D eigenvalue weighted by Gasteiger charge is 2.18. The molecular weight excluding hydrogens is 304 g/mol. The van der Waals surface area contributed by atoms with Gasteiger partial charge >= 0.3 is 0 Å². The lowest BCUT2D eigenvalue weighted by molar-refractivity contribution is 0.550. The van der Waals surface area contributed by atoms with Crippen LogP contribution in [0.15, 0.2) is 28.7 Å². The molecule has 0 spiro atoms. The van der Waals surface area contributed by atoms with E-state index < -0.39 is 0 Å². The first kappa shape index (κ1) is 12.3. The molecule has 0 aliphatic heterocycles. The highest BCUT2D eigenvalue weighted by atomic mass is 79.9. The van der Waals surface area contributed by atoms with Gasteiger partial charge in [0.25, 0.3) is 0 Å². The van der Waals surface area contributed by atoms with E-state index >= 15 is 0 Å². The Balaban J connectivity index is 2.78. The van der Waals surface area contributed by atoms with E-state index in [1.54, 1.807) is 0 Å². The molecule has 78 valence electrons. The smallest absolute Gasteiger partial charge is 0.0234 e. The van der Waals surface area contributed by atoms with Crippen LogP contribution in [-0.4, -0.2) is 4.83 Å². The molecule has 0 fully saturated rings. The molecule has 0 aliphatic carbocycles. The fraction of sp³-hybridized carbons (Fsp3) is 0.500. The summed E-state index contributed by atoms with van der Waals surface area (Å²) in [5.74, 6) is 1.22. The van der Waals surface area contributed by atoms with Crippen LogP contribution < -0.4 is 0 Å². The Morgan fingerprint density at radius 3 is 1.93 bits per heavy atom. The molecule has 0 aliphatic rings. The van der Waals surface area contributed by atoms with Gasteiger partial charge < -0.3 is 0 Å². The van der Waals surface area contributed by atoms with Gasteiger partial charge in [0.15, 0.2) is 0 Å². The van der Waals surface area contributed by atoms with Gasteiger partial charge in [0.05, 0.1) is 0 Å². The molecule has 0 heterocycles. The normalized spacial score (nSPS) is 15.6. The third-order valence-electron chi connectivity index (χ3n) is 2.51. The standard InChI is InChI=1S/C12H16Br2/c1-8(2)12(14)9(3)10-4-6-11(13)7-5-10/h4-9,12H,1-3H3. The molecular formula is C12H16Br2. The minimum absolute atomic E-state index is 0.545. The first-order chi connectivity index (χ1) is 6.52. The average Bonchev–Trinajstić information content (AvgIpc) is 2.16. The summed E-state index contributed by atoms with van der Waals surface area (Å²) in [5.41, 5.74) is 1.39. The van der Waals surface area contributed by atoms with Crippen molar-refractivity contribution < 1.29 is 0 Å². The molecule has 0 radical (unpaired) electrons. The molecule has 0 saturated heterocycles. The lowest BCUT2D eigenvalue weighted by Crippen LogP contribution is -2.15. The van der Waals surface area contributed by atoms with E-state index in [0.29, 0.717) is 16.7 Å². The number of benzene rings is 1. The predicted octanol–water partition coefficient (Wildman–Crippen LogP) is 4.97. The van der Waals surface area contributed by atoms with Crippen molar-refractivity contribution in [3.8, 4) is 0 Å². The maximum Gasteiger partial charge on any atom is 0.0234 e. The minimum Gasteiger partial charge on any atom is -0.0881 e. The van der Waals surface area contributed by atoms with E-state index in [0.717, 1.165) is 4.47 Å². The second-order valence-corrected chi connectivity index (χ2v) is 6.00. The van der Waals surface area contributed by atoms with E-state index in [-0.39, 0.29) is 0 Å². The van der Waals surface area contributed by atoms with Crippen LogP contribution in [0.1, 0.15) is 32.3 Å². The van der Waals surface area contributed by atoms with E-state index in [4.69, 9.17) is 0 Å². The highest BCUT2D eigenvalue weighted by molar-refractivity contribution is 9.10. The molecule has 1 rings (SSSR count). The van der Waals surface area contributed by atoms with Crippen LogP contribution in [0, 0.1) is 5.92 Å². The molecule has 14 heavy (non-hydrogen) atoms. The van der Waals surface area contributed by atoms with Gasteiger partial charge in [-0.15, -0.1) is 0 Å². The van der Waals surface area contributed by atoms with Gasteiger partial charge in [0.1, 0.15) is 0 Å². The highest BCUT2D eigenvalue weighted by Crippen LogP contribution is 2.30. The van der Waals surface area contributed by atoms with Crippen LogP contribution in [0.4, 0.5) is 0 Å². The van der Waals surface area contributed by atoms with E-state index in [2.05, 4.69) is 76.9 Å². The molecule has 2 heteroatoms. The van der Waals surface area contributed by atoms with Crippen molar-refractivity contribution in [1.82, 2.24) is 0 Å². The van der Waals surface area contributed by atoms with Crippen molar-refractivity contribution in [2.24, 2.45) is 5.92 Å². The van der Waals surface area contributed by atoms with Gasteiger partial charge in [0, 0.05) is 9.30 Å². The molecule has 0 bridgehead atoms. The van der Waals surface area contributed by atoms with Crippen molar-refractivity contribution in [2.75, 3.05) is 0 Å². The molecule has 0 saturated carbocycles. The first-order valence-electron chi connectivity index (χ1n) is 4.92. The largest absolute Gasteiger partial charge is 0.0881 e. The fourth-order valence-electron chi connectivity index (χ4n) is 1.53. The van der Waals surface area contributed by atoms with Crippen LogP contribution in [0.5, 0.6) is 0 Å². The van der Waals surface area contributed by atoms with E-state index in [1.165, 1.54) is 5.56 Å². The van der Waals surface area contributed by atoms with E-state index in [1.807, 2.05) is 0 Å². The second kappa shape index (κ2) is 5.32. The molecule has 1 aromatic rings. The van der Waals surface area contributed by atoms with Gasteiger partial charge in [-0.05, 0) is 29.5 Å². The van der Waals surface area contributed by atoms with Crippen LogP contribution in [0.3, 0.4) is 0 Å². The zero-order chi connectivity index (χ0) is 10.7. The monoisotopic (exact) mass is 318 g/mol. The predicted molar refractivity (Wildman–Crippen MR) is 70.1 cm³/mol. The Labute approximate surface area is 103 Å². The third kappa shape index (κ3) is 3.09. The summed E-state index contributed by atoms with van der Waals surface area (Å²) in [5, 5.41) is 0. The zero-order valence-corrected chi connectivity index (χ0v) is 12.0. The van der Waals surface area contributed by atoms with Crippen molar-refractivity contribution in [2.45, 2.75) is 31.5 Å². The van der Waals surface area contributed by atoms with Gasteiger partial charge in [-0.3, -0.25) is 0 Å². The lowest BCUT2D eigenvalue weighted by Gasteiger charge is -2.22. The van der Waals surface area contributed by atoms with Crippen molar-refractivity contribution >= 4 is 31.9 Å². The van der Waals surface area contributed by atoms with Crippen molar-refractivity contribution in [3.05, 3.63) is 34.3 Å². The van der Waals surface area contributed by atoms with Gasteiger partial charge in [-0.2, -0.15) is 0 Å². The SMILES string of the molecule is CC(C)C(Br)C(C)c1ccc(Br)cc1. The lowest BCUT2D eigenvalue weighted by atomic mass is 9.92. The number of alkyl halides is 1. The fourth-order valence-corrected chi connectivity index (χ4v) is 2.10. The first-order valence-corrected chi connectivity index (χ1v) is 6.62. The zero-order valence-electron chi connectivity index (χ0n) is 8.80. The number of hydrogen-bond donors (Lipinski definition) is 0. The number of halogens is 2.